The minimum Gasteiger partial charge on any atom is -0.462 e. The highest BCUT2D eigenvalue weighted by Gasteiger charge is 2.12. The second-order valence-corrected chi connectivity index (χ2v) is 3.15. The van der Waals surface area contributed by atoms with Crippen molar-refractivity contribution in [1.82, 2.24) is 0 Å². The van der Waals surface area contributed by atoms with E-state index in [0.717, 1.165) is 5.56 Å². The molecule has 0 radical (unpaired) electrons. The van der Waals surface area contributed by atoms with Gasteiger partial charge in [0.1, 0.15) is 0 Å². The Balaban J connectivity index is 3.05. The lowest BCUT2D eigenvalue weighted by atomic mass is 10.1. The number of nitrogens with one attached hydrogen (secondary N) is 1. The van der Waals surface area contributed by atoms with Crippen LogP contribution < -0.4 is 11.3 Å². The van der Waals surface area contributed by atoms with Crippen LogP contribution in [0.25, 0.3) is 0 Å². The topological polar surface area (TPSA) is 64.3 Å². The maximum Gasteiger partial charge on any atom is 0.340 e. The van der Waals surface area contributed by atoms with Crippen LogP contribution >= 0.6 is 11.6 Å². The molecule has 0 saturated heterocycles. The smallest absolute Gasteiger partial charge is 0.340 e. The summed E-state index contributed by atoms with van der Waals surface area (Å²) in [7, 11) is 0. The van der Waals surface area contributed by atoms with Crippen molar-refractivity contribution >= 4 is 23.3 Å². The van der Waals surface area contributed by atoms with Crippen molar-refractivity contribution in [3.63, 3.8) is 0 Å². The Morgan fingerprint density at radius 3 is 2.87 bits per heavy atom. The number of carbonyl (C=O) groups is 1. The van der Waals surface area contributed by atoms with Crippen LogP contribution in [0, 0.1) is 0 Å². The fraction of sp³-hybridized carbons (Fsp3) is 0.300. The predicted octanol–water partition coefficient (Wildman–Crippen LogP) is 1.89. The average molecular weight is 229 g/mol. The molecule has 0 aliphatic heterocycles. The number of hydrogen-bond donors (Lipinski definition) is 2. The molecule has 0 unspecified atom stereocenters. The van der Waals surface area contributed by atoms with E-state index in [1.54, 1.807) is 25.1 Å². The summed E-state index contributed by atoms with van der Waals surface area (Å²) >= 11 is 5.67. The number of hydrogen-bond acceptors (Lipinski definition) is 4. The summed E-state index contributed by atoms with van der Waals surface area (Å²) < 4.78 is 4.89. The molecule has 0 aliphatic rings. The largest absolute Gasteiger partial charge is 0.462 e. The van der Waals surface area contributed by atoms with Gasteiger partial charge in [0, 0.05) is 5.88 Å². The Kier molecular flexibility index (Phi) is 4.39. The SMILES string of the molecule is CCOC(=O)c1cc(CCl)ccc1NN. The number of halogens is 1. The Morgan fingerprint density at radius 1 is 1.60 bits per heavy atom. The first-order valence-electron chi connectivity index (χ1n) is 4.55. The Labute approximate surface area is 93.3 Å². The van der Waals surface area contributed by atoms with E-state index in [-0.39, 0.29) is 0 Å². The minimum absolute atomic E-state index is 0.327. The number of hydrazine groups is 1. The van der Waals surface area contributed by atoms with Crippen LogP contribution in [-0.2, 0) is 10.6 Å². The van der Waals surface area contributed by atoms with Gasteiger partial charge in [-0.3, -0.25) is 5.84 Å². The van der Waals surface area contributed by atoms with Crippen molar-refractivity contribution in [2.24, 2.45) is 5.84 Å². The van der Waals surface area contributed by atoms with Gasteiger partial charge in [0.15, 0.2) is 0 Å². The van der Waals surface area contributed by atoms with Crippen molar-refractivity contribution in [3.8, 4) is 0 Å². The first-order valence-corrected chi connectivity index (χ1v) is 5.09. The number of esters is 1. The quantitative estimate of drug-likeness (QED) is 0.358. The molecule has 4 nitrogen and oxygen atoms in total. The standard InChI is InChI=1S/C10H13ClN2O2/c1-2-15-10(14)8-5-7(6-11)3-4-9(8)13-12/h3-5,13H,2,6,12H2,1H3. The van der Waals surface area contributed by atoms with Crippen LogP contribution in [0.5, 0.6) is 0 Å². The van der Waals surface area contributed by atoms with Gasteiger partial charge < -0.3 is 10.2 Å². The third kappa shape index (κ3) is 2.84. The van der Waals surface area contributed by atoms with Gasteiger partial charge in [-0.2, -0.15) is 0 Å². The first-order chi connectivity index (χ1) is 7.22. The third-order valence-electron chi connectivity index (χ3n) is 1.89. The van der Waals surface area contributed by atoms with Gasteiger partial charge in [-0.25, -0.2) is 4.79 Å². The number of benzene rings is 1. The van der Waals surface area contributed by atoms with Gasteiger partial charge in [-0.1, -0.05) is 6.07 Å². The van der Waals surface area contributed by atoms with Crippen LogP contribution in [0.3, 0.4) is 0 Å². The zero-order chi connectivity index (χ0) is 11.3. The minimum atomic E-state index is -0.405. The van der Waals surface area contributed by atoms with E-state index in [9.17, 15) is 4.79 Å². The van der Waals surface area contributed by atoms with Crippen LogP contribution in [0.1, 0.15) is 22.8 Å². The number of carbonyl (C=O) groups excluding carboxylic acids is 1. The van der Waals surface area contributed by atoms with E-state index in [1.165, 1.54) is 0 Å². The van der Waals surface area contributed by atoms with Crippen LogP contribution in [0.2, 0.25) is 0 Å². The lowest BCUT2D eigenvalue weighted by Crippen LogP contribution is -2.14. The van der Waals surface area contributed by atoms with E-state index < -0.39 is 5.97 Å². The summed E-state index contributed by atoms with van der Waals surface area (Å²) in [6, 6.07) is 5.16. The van der Waals surface area contributed by atoms with Crippen LogP contribution in [0.15, 0.2) is 18.2 Å². The first kappa shape index (κ1) is 11.8. The maximum absolute atomic E-state index is 11.5. The van der Waals surface area contributed by atoms with Gasteiger partial charge >= 0.3 is 5.97 Å². The van der Waals surface area contributed by atoms with E-state index in [1.807, 2.05) is 0 Å². The molecule has 0 heterocycles. The number of nitrogens with two attached hydrogens (primary N) is 1. The molecule has 1 aromatic rings. The lowest BCUT2D eigenvalue weighted by Gasteiger charge is -2.09. The molecule has 1 rings (SSSR count). The zero-order valence-electron chi connectivity index (χ0n) is 8.42. The Bertz CT molecular complexity index is 355. The molecule has 0 aliphatic carbocycles. The molecule has 0 atom stereocenters. The van der Waals surface area contributed by atoms with E-state index in [4.69, 9.17) is 22.2 Å². The van der Waals surface area contributed by atoms with Crippen molar-refractivity contribution in [1.29, 1.82) is 0 Å². The molecule has 15 heavy (non-hydrogen) atoms. The molecule has 5 heteroatoms. The number of nitrogen functional groups attached to an aromatic ring is 1. The van der Waals surface area contributed by atoms with Crippen molar-refractivity contribution in [2.75, 3.05) is 12.0 Å². The molecule has 3 N–H and O–H groups in total. The molecule has 0 saturated carbocycles. The molecule has 1 aromatic carbocycles. The molecule has 0 fully saturated rings. The van der Waals surface area contributed by atoms with Crippen LogP contribution in [-0.4, -0.2) is 12.6 Å². The van der Waals surface area contributed by atoms with Crippen molar-refractivity contribution in [2.45, 2.75) is 12.8 Å². The summed E-state index contributed by atoms with van der Waals surface area (Å²) in [5.41, 5.74) is 4.22. The number of ether oxygens (including phenoxy) is 1. The van der Waals surface area contributed by atoms with E-state index >= 15 is 0 Å². The third-order valence-corrected chi connectivity index (χ3v) is 2.20. The molecular weight excluding hydrogens is 216 g/mol. The van der Waals surface area contributed by atoms with Gasteiger partial charge in [-0.15, -0.1) is 11.6 Å². The van der Waals surface area contributed by atoms with Crippen molar-refractivity contribution in [3.05, 3.63) is 29.3 Å². The second-order valence-electron chi connectivity index (χ2n) is 2.88. The highest BCUT2D eigenvalue weighted by molar-refractivity contribution is 6.17. The van der Waals surface area contributed by atoms with Crippen LogP contribution in [0.4, 0.5) is 5.69 Å². The van der Waals surface area contributed by atoms with Gasteiger partial charge in [0.25, 0.3) is 0 Å². The summed E-state index contributed by atoms with van der Waals surface area (Å²) in [5.74, 6) is 5.22. The summed E-state index contributed by atoms with van der Waals surface area (Å²) in [5, 5.41) is 0. The predicted molar refractivity (Wildman–Crippen MR) is 59.8 cm³/mol. The number of anilines is 1. The maximum atomic E-state index is 11.5. The summed E-state index contributed by atoms with van der Waals surface area (Å²) in [6.45, 7) is 2.08. The molecule has 0 spiro atoms. The molecule has 0 bridgehead atoms. The van der Waals surface area contributed by atoms with Gasteiger partial charge in [0.2, 0.25) is 0 Å². The van der Waals surface area contributed by atoms with Gasteiger partial charge in [-0.05, 0) is 24.6 Å². The summed E-state index contributed by atoms with van der Waals surface area (Å²) in [6.07, 6.45) is 0. The zero-order valence-corrected chi connectivity index (χ0v) is 9.17. The Morgan fingerprint density at radius 2 is 2.33 bits per heavy atom. The molecular formula is C10H13ClN2O2. The molecule has 0 amide bonds. The highest BCUT2D eigenvalue weighted by atomic mass is 35.5. The second kappa shape index (κ2) is 5.58. The van der Waals surface area contributed by atoms with E-state index in [0.29, 0.717) is 23.7 Å². The fourth-order valence-corrected chi connectivity index (χ4v) is 1.34. The van der Waals surface area contributed by atoms with Crippen molar-refractivity contribution < 1.29 is 9.53 Å². The molecule has 0 aromatic heterocycles. The number of rotatable bonds is 4. The average Bonchev–Trinajstić information content (AvgIpc) is 2.28. The molecule has 82 valence electrons. The van der Waals surface area contributed by atoms with E-state index in [2.05, 4.69) is 5.43 Å². The normalized spacial score (nSPS) is 9.80. The lowest BCUT2D eigenvalue weighted by molar-refractivity contribution is 0.0527. The van der Waals surface area contributed by atoms with Gasteiger partial charge in [0.05, 0.1) is 17.9 Å². The number of alkyl halides is 1. The monoisotopic (exact) mass is 228 g/mol. The fourth-order valence-electron chi connectivity index (χ4n) is 1.18. The highest BCUT2D eigenvalue weighted by Crippen LogP contribution is 2.18. The summed E-state index contributed by atoms with van der Waals surface area (Å²) in [4.78, 5) is 11.5. The Hall–Kier alpha value is -1.26.